The molecule has 0 amide bonds. The molecule has 0 saturated heterocycles. The Morgan fingerprint density at radius 3 is 2.70 bits per heavy atom. The minimum atomic E-state index is -0.117. The molecule has 27 heavy (non-hydrogen) atoms. The van der Waals surface area contributed by atoms with E-state index in [4.69, 9.17) is 4.74 Å². The summed E-state index contributed by atoms with van der Waals surface area (Å²) < 4.78 is 7.36. The quantitative estimate of drug-likeness (QED) is 0.648. The van der Waals surface area contributed by atoms with Crippen molar-refractivity contribution in [2.24, 2.45) is 0 Å². The largest absolute Gasteiger partial charge is 0.494 e. The first-order valence-corrected chi connectivity index (χ1v) is 8.92. The summed E-state index contributed by atoms with van der Waals surface area (Å²) >= 11 is 0. The summed E-state index contributed by atoms with van der Waals surface area (Å²) in [6.45, 7) is 4.04. The van der Waals surface area contributed by atoms with Crippen molar-refractivity contribution in [3.8, 4) is 11.4 Å². The van der Waals surface area contributed by atoms with Gasteiger partial charge >= 0.3 is 0 Å². The van der Waals surface area contributed by atoms with Crippen molar-refractivity contribution in [1.82, 2.24) is 9.55 Å². The molecular weight excluding hydrogens is 338 g/mol. The van der Waals surface area contributed by atoms with Gasteiger partial charge in [0.05, 0.1) is 30.4 Å². The smallest absolute Gasteiger partial charge is 0.195 e. The van der Waals surface area contributed by atoms with Crippen LogP contribution in [0.5, 0.6) is 5.75 Å². The first kappa shape index (κ1) is 18.5. The van der Waals surface area contributed by atoms with Crippen molar-refractivity contribution in [3.63, 3.8) is 0 Å². The monoisotopic (exact) mass is 361 g/mol. The molecule has 0 radical (unpaired) electrons. The van der Waals surface area contributed by atoms with Crippen LogP contribution in [0.1, 0.15) is 20.3 Å². The molecule has 1 N–H and O–H groups in total. The average molecular weight is 361 g/mol. The van der Waals surface area contributed by atoms with Gasteiger partial charge in [-0.3, -0.25) is 14.3 Å². The second-order valence-electron chi connectivity index (χ2n) is 5.98. The first-order chi connectivity index (χ1) is 13.2. The molecule has 5 heteroatoms. The highest BCUT2D eigenvalue weighted by atomic mass is 16.5. The molecule has 138 valence electrons. The van der Waals surface area contributed by atoms with Crippen LogP contribution >= 0.6 is 0 Å². The summed E-state index contributed by atoms with van der Waals surface area (Å²) in [6, 6.07) is 11.5. The lowest BCUT2D eigenvalue weighted by atomic mass is 10.2. The van der Waals surface area contributed by atoms with E-state index >= 15 is 0 Å². The van der Waals surface area contributed by atoms with Crippen molar-refractivity contribution in [2.45, 2.75) is 20.3 Å². The van der Waals surface area contributed by atoms with Crippen LogP contribution in [0, 0.1) is 0 Å². The molecule has 0 unspecified atom stereocenters. The standard InChI is InChI=1S/C22H23N3O2/c1-4-6-10-16(5-2)24-21-13-19(26)22-18(14-23-15-20(22)27-3)25(21)17-11-8-7-9-12-17/h5-15,24H,4H2,1-3H3/b10-6-,16-5+. The molecule has 3 aromatic rings. The van der Waals surface area contributed by atoms with Gasteiger partial charge in [0, 0.05) is 17.5 Å². The normalized spacial score (nSPS) is 11.9. The highest BCUT2D eigenvalue weighted by Crippen LogP contribution is 2.27. The number of benzene rings is 1. The van der Waals surface area contributed by atoms with Gasteiger partial charge in [0.15, 0.2) is 5.43 Å². The van der Waals surface area contributed by atoms with Gasteiger partial charge in [-0.15, -0.1) is 0 Å². The Kier molecular flexibility index (Phi) is 5.71. The number of hydrogen-bond acceptors (Lipinski definition) is 4. The number of ether oxygens (including phenoxy) is 1. The second-order valence-corrected chi connectivity index (χ2v) is 5.98. The SMILES string of the molecule is C/C=C(\C=C/CC)Nc1cc(=O)c2c(OC)cncc2n1-c1ccccc1. The summed E-state index contributed by atoms with van der Waals surface area (Å²) in [6.07, 6.45) is 10.2. The van der Waals surface area contributed by atoms with Crippen LogP contribution in [0.2, 0.25) is 0 Å². The van der Waals surface area contributed by atoms with E-state index in [0.29, 0.717) is 22.5 Å². The van der Waals surface area contributed by atoms with E-state index < -0.39 is 0 Å². The van der Waals surface area contributed by atoms with E-state index in [1.807, 2.05) is 54.0 Å². The molecule has 0 aliphatic heterocycles. The zero-order chi connectivity index (χ0) is 19.2. The van der Waals surface area contributed by atoms with Gasteiger partial charge < -0.3 is 10.1 Å². The third kappa shape index (κ3) is 3.77. The molecule has 2 aromatic heterocycles. The summed E-state index contributed by atoms with van der Waals surface area (Å²) in [7, 11) is 1.54. The summed E-state index contributed by atoms with van der Waals surface area (Å²) in [4.78, 5) is 17.1. The van der Waals surface area contributed by atoms with Crippen LogP contribution in [-0.2, 0) is 0 Å². The Hall–Kier alpha value is -3.34. The maximum Gasteiger partial charge on any atom is 0.195 e. The maximum absolute atomic E-state index is 12.8. The van der Waals surface area contributed by atoms with Crippen LogP contribution in [0.25, 0.3) is 16.6 Å². The zero-order valence-electron chi connectivity index (χ0n) is 15.8. The average Bonchev–Trinajstić information content (AvgIpc) is 2.71. The number of hydrogen-bond donors (Lipinski definition) is 1. The number of allylic oxidation sites excluding steroid dienone is 3. The molecule has 2 heterocycles. The summed E-state index contributed by atoms with van der Waals surface area (Å²) in [5.74, 6) is 1.13. The van der Waals surface area contributed by atoms with Crippen molar-refractivity contribution in [3.05, 3.63) is 82.9 Å². The lowest BCUT2D eigenvalue weighted by Crippen LogP contribution is -2.15. The molecular formula is C22H23N3O2. The fourth-order valence-corrected chi connectivity index (χ4v) is 2.94. The number of pyridine rings is 2. The fourth-order valence-electron chi connectivity index (χ4n) is 2.94. The van der Waals surface area contributed by atoms with Gasteiger partial charge in [-0.1, -0.05) is 37.3 Å². The molecule has 1 aromatic carbocycles. The van der Waals surface area contributed by atoms with Crippen LogP contribution in [0.15, 0.2) is 77.5 Å². The van der Waals surface area contributed by atoms with E-state index in [2.05, 4.69) is 23.3 Å². The van der Waals surface area contributed by atoms with Gasteiger partial charge in [0.25, 0.3) is 0 Å². The lowest BCUT2D eigenvalue weighted by molar-refractivity contribution is 0.417. The number of nitrogens with zero attached hydrogens (tertiary/aromatic N) is 2. The number of anilines is 1. The molecule has 0 aliphatic carbocycles. The fraction of sp³-hybridized carbons (Fsp3) is 0.182. The minimum absolute atomic E-state index is 0.117. The predicted octanol–water partition coefficient (Wildman–Crippen LogP) is 4.68. The molecule has 0 bridgehead atoms. The Morgan fingerprint density at radius 2 is 2.04 bits per heavy atom. The van der Waals surface area contributed by atoms with Crippen molar-refractivity contribution in [2.75, 3.05) is 12.4 Å². The Labute approximate surface area is 158 Å². The summed E-state index contributed by atoms with van der Waals surface area (Å²) in [5, 5.41) is 3.88. The topological polar surface area (TPSA) is 56.1 Å². The number of nitrogens with one attached hydrogen (secondary N) is 1. The van der Waals surface area contributed by atoms with Crippen LogP contribution in [-0.4, -0.2) is 16.7 Å². The number of para-hydroxylation sites is 1. The Bertz CT molecular complexity index is 1050. The van der Waals surface area contributed by atoms with Crippen molar-refractivity contribution in [1.29, 1.82) is 0 Å². The Morgan fingerprint density at radius 1 is 1.26 bits per heavy atom. The number of methoxy groups -OCH3 is 1. The van der Waals surface area contributed by atoms with Gasteiger partial charge in [-0.25, -0.2) is 0 Å². The van der Waals surface area contributed by atoms with Gasteiger partial charge in [-0.05, 0) is 31.6 Å². The predicted molar refractivity (Wildman–Crippen MR) is 111 cm³/mol. The first-order valence-electron chi connectivity index (χ1n) is 8.92. The number of fused-ring (bicyclic) bond motifs is 1. The van der Waals surface area contributed by atoms with Gasteiger partial charge in [0.1, 0.15) is 11.6 Å². The van der Waals surface area contributed by atoms with Gasteiger partial charge in [-0.2, -0.15) is 0 Å². The molecule has 3 rings (SSSR count). The van der Waals surface area contributed by atoms with E-state index in [-0.39, 0.29) is 5.43 Å². The molecule has 0 saturated carbocycles. The van der Waals surface area contributed by atoms with Crippen LogP contribution < -0.4 is 15.5 Å². The van der Waals surface area contributed by atoms with E-state index in [1.54, 1.807) is 25.6 Å². The number of aromatic nitrogens is 2. The summed E-state index contributed by atoms with van der Waals surface area (Å²) in [5.41, 5.74) is 2.41. The molecule has 5 nitrogen and oxygen atoms in total. The van der Waals surface area contributed by atoms with E-state index in [0.717, 1.165) is 17.8 Å². The highest BCUT2D eigenvalue weighted by molar-refractivity contribution is 5.88. The van der Waals surface area contributed by atoms with Crippen molar-refractivity contribution < 1.29 is 4.74 Å². The third-order valence-corrected chi connectivity index (χ3v) is 4.24. The maximum atomic E-state index is 12.8. The molecule has 0 aliphatic rings. The Balaban J connectivity index is 2.30. The van der Waals surface area contributed by atoms with Gasteiger partial charge in [0.2, 0.25) is 0 Å². The van der Waals surface area contributed by atoms with Crippen LogP contribution in [0.3, 0.4) is 0 Å². The van der Waals surface area contributed by atoms with Crippen LogP contribution in [0.4, 0.5) is 5.82 Å². The van der Waals surface area contributed by atoms with E-state index in [9.17, 15) is 4.79 Å². The second kappa shape index (κ2) is 8.36. The zero-order valence-corrected chi connectivity index (χ0v) is 15.8. The minimum Gasteiger partial charge on any atom is -0.494 e. The van der Waals surface area contributed by atoms with E-state index in [1.165, 1.54) is 0 Å². The number of rotatable bonds is 6. The molecule has 0 fully saturated rings. The lowest BCUT2D eigenvalue weighted by Gasteiger charge is -2.19. The van der Waals surface area contributed by atoms with Crippen molar-refractivity contribution >= 4 is 16.7 Å². The molecule has 0 atom stereocenters. The molecule has 0 spiro atoms. The highest BCUT2D eigenvalue weighted by Gasteiger charge is 2.15. The third-order valence-electron chi connectivity index (χ3n) is 4.24.